The zero-order valence-corrected chi connectivity index (χ0v) is 15.8. The summed E-state index contributed by atoms with van der Waals surface area (Å²) in [6.07, 6.45) is 0.982. The van der Waals surface area contributed by atoms with Gasteiger partial charge >= 0.3 is 0 Å². The fourth-order valence-corrected chi connectivity index (χ4v) is 4.18. The van der Waals surface area contributed by atoms with Crippen LogP contribution in [0.1, 0.15) is 30.9 Å². The molecule has 1 amide bonds. The molecule has 1 aromatic rings. The highest BCUT2D eigenvalue weighted by Crippen LogP contribution is 2.21. The third kappa shape index (κ3) is 4.77. The topological polar surface area (TPSA) is 69.7 Å². The second-order valence-electron chi connectivity index (χ2n) is 6.40. The Bertz CT molecular complexity index is 716. The molecule has 1 aliphatic heterocycles. The summed E-state index contributed by atoms with van der Waals surface area (Å²) < 4.78 is 40.8. The van der Waals surface area contributed by atoms with E-state index >= 15 is 0 Å². The molecule has 2 rings (SSSR count). The molecule has 1 heterocycles. The summed E-state index contributed by atoms with van der Waals surface area (Å²) in [6, 6.07) is 4.89. The van der Waals surface area contributed by atoms with Gasteiger partial charge in [0.2, 0.25) is 5.91 Å². The number of halogens is 1. The Morgan fingerprint density at radius 1 is 1.36 bits per heavy atom. The van der Waals surface area contributed by atoms with Crippen molar-refractivity contribution in [2.24, 2.45) is 5.92 Å². The molecule has 0 aliphatic carbocycles. The quantitative estimate of drug-likeness (QED) is 0.827. The molecule has 1 aliphatic rings. The number of carbonyl (C=O) groups is 1. The number of amides is 1. The van der Waals surface area contributed by atoms with E-state index in [1.807, 2.05) is 0 Å². The molecule has 1 N–H and O–H groups in total. The third-order valence-corrected chi connectivity index (χ3v) is 6.76. The van der Waals surface area contributed by atoms with Crippen LogP contribution in [-0.2, 0) is 21.5 Å². The Labute approximate surface area is 149 Å². The van der Waals surface area contributed by atoms with Crippen LogP contribution in [-0.4, -0.2) is 49.6 Å². The first-order valence-corrected chi connectivity index (χ1v) is 9.89. The lowest BCUT2D eigenvalue weighted by molar-refractivity contribution is -0.126. The summed E-state index contributed by atoms with van der Waals surface area (Å²) >= 11 is 0. The first-order valence-electron chi connectivity index (χ1n) is 8.49. The smallest absolute Gasteiger partial charge is 0.281 e. The van der Waals surface area contributed by atoms with Crippen LogP contribution in [0, 0.1) is 18.7 Å². The lowest BCUT2D eigenvalue weighted by Gasteiger charge is -2.32. The largest absolute Gasteiger partial charge is 0.352 e. The number of benzene rings is 1. The molecular weight excluding hydrogens is 345 g/mol. The molecule has 0 bridgehead atoms. The molecule has 0 unspecified atom stereocenters. The highest BCUT2D eigenvalue weighted by molar-refractivity contribution is 7.86. The van der Waals surface area contributed by atoms with Crippen molar-refractivity contribution in [2.75, 3.05) is 26.7 Å². The molecule has 1 saturated heterocycles. The minimum Gasteiger partial charge on any atom is -0.352 e. The molecule has 6 nitrogen and oxygen atoms in total. The van der Waals surface area contributed by atoms with Crippen LogP contribution in [0.4, 0.5) is 4.39 Å². The van der Waals surface area contributed by atoms with Crippen molar-refractivity contribution < 1.29 is 17.6 Å². The zero-order valence-electron chi connectivity index (χ0n) is 15.0. The molecule has 0 aromatic heterocycles. The summed E-state index contributed by atoms with van der Waals surface area (Å²) in [4.78, 5) is 12.3. The van der Waals surface area contributed by atoms with E-state index in [9.17, 15) is 17.6 Å². The Morgan fingerprint density at radius 2 is 2.00 bits per heavy atom. The SMILES string of the molecule is CCN(C)S(=O)(=O)N1CCC(C(=O)NCc2ccc(C)c(F)c2)CC1. The maximum Gasteiger partial charge on any atom is 0.281 e. The van der Waals surface area contributed by atoms with Gasteiger partial charge in [0.1, 0.15) is 5.82 Å². The van der Waals surface area contributed by atoms with Crippen LogP contribution < -0.4 is 5.32 Å². The van der Waals surface area contributed by atoms with Crippen LogP contribution >= 0.6 is 0 Å². The first-order chi connectivity index (χ1) is 11.8. The van der Waals surface area contributed by atoms with Gasteiger partial charge in [0.05, 0.1) is 0 Å². The summed E-state index contributed by atoms with van der Waals surface area (Å²) in [7, 11) is -1.88. The van der Waals surface area contributed by atoms with Crippen molar-refractivity contribution in [3.8, 4) is 0 Å². The fraction of sp³-hybridized carbons (Fsp3) is 0.588. The van der Waals surface area contributed by atoms with Gasteiger partial charge < -0.3 is 5.32 Å². The molecule has 0 atom stereocenters. The van der Waals surface area contributed by atoms with Crippen molar-refractivity contribution in [1.29, 1.82) is 0 Å². The normalized spacial score (nSPS) is 17.0. The van der Waals surface area contributed by atoms with E-state index in [0.717, 1.165) is 0 Å². The maximum absolute atomic E-state index is 13.5. The van der Waals surface area contributed by atoms with Gasteiger partial charge in [0, 0.05) is 39.1 Å². The highest BCUT2D eigenvalue weighted by Gasteiger charge is 2.32. The van der Waals surface area contributed by atoms with E-state index in [2.05, 4.69) is 5.32 Å². The third-order valence-electron chi connectivity index (χ3n) is 4.69. The number of hydrogen-bond donors (Lipinski definition) is 1. The molecule has 0 spiro atoms. The van der Waals surface area contributed by atoms with E-state index in [-0.39, 0.29) is 24.2 Å². The zero-order chi connectivity index (χ0) is 18.6. The predicted octanol–water partition coefficient (Wildman–Crippen LogP) is 1.66. The molecule has 1 fully saturated rings. The van der Waals surface area contributed by atoms with Crippen LogP contribution in [0.3, 0.4) is 0 Å². The number of nitrogens with one attached hydrogen (secondary N) is 1. The van der Waals surface area contributed by atoms with E-state index in [1.165, 1.54) is 14.7 Å². The number of rotatable bonds is 6. The van der Waals surface area contributed by atoms with E-state index in [1.54, 1.807) is 33.0 Å². The Balaban J connectivity index is 1.86. The van der Waals surface area contributed by atoms with Crippen molar-refractivity contribution in [3.05, 3.63) is 35.1 Å². The summed E-state index contributed by atoms with van der Waals surface area (Å²) in [5, 5.41) is 2.82. The monoisotopic (exact) mass is 371 g/mol. The van der Waals surface area contributed by atoms with Gasteiger partial charge in [-0.05, 0) is 37.0 Å². The summed E-state index contributed by atoms with van der Waals surface area (Å²) in [5.41, 5.74) is 1.28. The summed E-state index contributed by atoms with van der Waals surface area (Å²) in [6.45, 7) is 4.83. The van der Waals surface area contributed by atoms with Gasteiger partial charge in [-0.1, -0.05) is 19.1 Å². The molecule has 0 saturated carbocycles. The number of piperidine rings is 1. The van der Waals surface area contributed by atoms with Gasteiger partial charge in [0.15, 0.2) is 0 Å². The second kappa shape index (κ2) is 8.25. The molecule has 8 heteroatoms. The van der Waals surface area contributed by atoms with Gasteiger partial charge in [0.25, 0.3) is 10.2 Å². The summed E-state index contributed by atoms with van der Waals surface area (Å²) in [5.74, 6) is -0.610. The highest BCUT2D eigenvalue weighted by atomic mass is 32.2. The van der Waals surface area contributed by atoms with Crippen molar-refractivity contribution >= 4 is 16.1 Å². The van der Waals surface area contributed by atoms with Gasteiger partial charge in [-0.2, -0.15) is 17.0 Å². The average molecular weight is 371 g/mol. The number of aryl methyl sites for hydroxylation is 1. The lowest BCUT2D eigenvalue weighted by atomic mass is 9.97. The second-order valence-corrected chi connectivity index (χ2v) is 8.43. The molecule has 25 heavy (non-hydrogen) atoms. The molecule has 140 valence electrons. The predicted molar refractivity (Wildman–Crippen MR) is 94.5 cm³/mol. The van der Waals surface area contributed by atoms with E-state index in [4.69, 9.17) is 0 Å². The van der Waals surface area contributed by atoms with Crippen LogP contribution in [0.2, 0.25) is 0 Å². The van der Waals surface area contributed by atoms with Crippen molar-refractivity contribution in [2.45, 2.75) is 33.2 Å². The Morgan fingerprint density at radius 3 is 2.56 bits per heavy atom. The standard InChI is InChI=1S/C17H26FN3O3S/c1-4-20(3)25(23,24)21-9-7-15(8-10-21)17(22)19-12-14-6-5-13(2)16(18)11-14/h5-6,11,15H,4,7-10,12H2,1-3H3,(H,19,22). The molecular formula is C17H26FN3O3S. The van der Waals surface area contributed by atoms with E-state index in [0.29, 0.717) is 43.6 Å². The van der Waals surface area contributed by atoms with Gasteiger partial charge in [-0.3, -0.25) is 4.79 Å². The van der Waals surface area contributed by atoms with Crippen LogP contribution in [0.25, 0.3) is 0 Å². The minimum atomic E-state index is -3.43. The average Bonchev–Trinajstić information content (AvgIpc) is 2.61. The van der Waals surface area contributed by atoms with Gasteiger partial charge in [-0.15, -0.1) is 0 Å². The van der Waals surface area contributed by atoms with Crippen LogP contribution in [0.15, 0.2) is 18.2 Å². The fourth-order valence-electron chi connectivity index (χ4n) is 2.79. The molecule has 0 radical (unpaired) electrons. The number of hydrogen-bond acceptors (Lipinski definition) is 3. The first kappa shape index (κ1) is 19.8. The lowest BCUT2D eigenvalue weighted by Crippen LogP contribution is -2.47. The number of carbonyl (C=O) groups excluding carboxylic acids is 1. The van der Waals surface area contributed by atoms with Crippen molar-refractivity contribution in [3.63, 3.8) is 0 Å². The van der Waals surface area contributed by atoms with Gasteiger partial charge in [-0.25, -0.2) is 4.39 Å². The Hall–Kier alpha value is -1.51. The van der Waals surface area contributed by atoms with Crippen molar-refractivity contribution in [1.82, 2.24) is 13.9 Å². The number of nitrogens with zero attached hydrogens (tertiary/aromatic N) is 2. The van der Waals surface area contributed by atoms with E-state index < -0.39 is 10.2 Å². The minimum absolute atomic E-state index is 0.109. The Kier molecular flexibility index (Phi) is 6.53. The molecule has 1 aromatic carbocycles. The van der Waals surface area contributed by atoms with Crippen LogP contribution in [0.5, 0.6) is 0 Å². The maximum atomic E-state index is 13.5.